The Kier molecular flexibility index (Phi) is 5.27. The molecule has 0 unspecified atom stereocenters. The van der Waals surface area contributed by atoms with Crippen molar-refractivity contribution in [3.05, 3.63) is 72.2 Å². The summed E-state index contributed by atoms with van der Waals surface area (Å²) in [7, 11) is 1.66. The number of aromatic amines is 2. The molecule has 0 bridgehead atoms. The number of H-pyrrole nitrogens is 2. The second kappa shape index (κ2) is 8.54. The van der Waals surface area contributed by atoms with Crippen LogP contribution in [-0.2, 0) is 6.42 Å². The number of ether oxygens (including phenoxy) is 1. The molecule has 166 valence electrons. The zero-order chi connectivity index (χ0) is 22.8. The monoisotopic (exact) mass is 442 g/mol. The molecule has 9 nitrogen and oxygen atoms in total. The van der Waals surface area contributed by atoms with Crippen molar-refractivity contribution in [3.8, 4) is 5.75 Å². The first-order chi connectivity index (χ1) is 16.1. The normalized spacial score (nSPS) is 11.1. The fourth-order valence-electron chi connectivity index (χ4n) is 3.84. The first-order valence-corrected chi connectivity index (χ1v) is 10.4. The van der Waals surface area contributed by atoms with Crippen LogP contribution in [0.5, 0.6) is 5.75 Å². The average molecular weight is 442 g/mol. The number of nitrogens with zero attached hydrogens (tertiary/aromatic N) is 2. The number of hydrogen-bond acceptors (Lipinski definition) is 6. The molecule has 0 aliphatic carbocycles. The molecule has 0 saturated heterocycles. The lowest BCUT2D eigenvalue weighted by molar-refractivity contribution is 0.0699. The van der Waals surface area contributed by atoms with E-state index in [1.165, 1.54) is 11.8 Å². The summed E-state index contributed by atoms with van der Waals surface area (Å²) >= 11 is 0. The Morgan fingerprint density at radius 3 is 2.73 bits per heavy atom. The molecule has 0 fully saturated rings. The zero-order valence-electron chi connectivity index (χ0n) is 17.8. The van der Waals surface area contributed by atoms with Gasteiger partial charge in [-0.2, -0.15) is 4.98 Å². The van der Waals surface area contributed by atoms with Gasteiger partial charge in [0.05, 0.1) is 12.7 Å². The van der Waals surface area contributed by atoms with Gasteiger partial charge in [0.2, 0.25) is 5.95 Å². The standard InChI is InChI=1S/C24H22N6O3/c1-33-16-3-5-20-17(11-16)14(12-27-20)6-8-25-24-26-9-7-22(30-24)29-15-2-4-21-18(10-15)19(13-28-21)23(31)32/h2-5,7,9-13,27-28H,6,8H2,1H3,(H,31,32)(H2,25,26,29,30). The van der Waals surface area contributed by atoms with Gasteiger partial charge in [-0.3, -0.25) is 0 Å². The van der Waals surface area contributed by atoms with Crippen molar-refractivity contribution < 1.29 is 14.6 Å². The summed E-state index contributed by atoms with van der Waals surface area (Å²) in [4.78, 5) is 26.5. The van der Waals surface area contributed by atoms with Crippen molar-refractivity contribution in [2.45, 2.75) is 6.42 Å². The summed E-state index contributed by atoms with van der Waals surface area (Å²) in [5, 5.41) is 17.6. The zero-order valence-corrected chi connectivity index (χ0v) is 17.8. The van der Waals surface area contributed by atoms with Crippen molar-refractivity contribution in [2.24, 2.45) is 0 Å². The number of aromatic nitrogens is 4. The van der Waals surface area contributed by atoms with Gasteiger partial charge in [0.15, 0.2) is 0 Å². The van der Waals surface area contributed by atoms with Crippen LogP contribution < -0.4 is 15.4 Å². The Balaban J connectivity index is 1.27. The van der Waals surface area contributed by atoms with Crippen LogP contribution in [-0.4, -0.2) is 44.7 Å². The van der Waals surface area contributed by atoms with Crippen LogP contribution in [0, 0.1) is 0 Å². The van der Waals surface area contributed by atoms with Crippen LogP contribution in [0.3, 0.4) is 0 Å². The van der Waals surface area contributed by atoms with Crippen LogP contribution in [0.15, 0.2) is 61.1 Å². The lowest BCUT2D eigenvalue weighted by Crippen LogP contribution is -2.08. The van der Waals surface area contributed by atoms with Gasteiger partial charge in [-0.1, -0.05) is 0 Å². The number of aromatic carboxylic acids is 1. The molecule has 5 aromatic rings. The maximum absolute atomic E-state index is 11.4. The quantitative estimate of drug-likeness (QED) is 0.239. The fourth-order valence-corrected chi connectivity index (χ4v) is 3.84. The third-order valence-electron chi connectivity index (χ3n) is 5.49. The van der Waals surface area contributed by atoms with E-state index in [0.717, 1.165) is 34.3 Å². The molecular formula is C24H22N6O3. The van der Waals surface area contributed by atoms with E-state index < -0.39 is 5.97 Å². The molecule has 3 aromatic heterocycles. The smallest absolute Gasteiger partial charge is 0.337 e. The van der Waals surface area contributed by atoms with Gasteiger partial charge in [-0.05, 0) is 54.4 Å². The van der Waals surface area contributed by atoms with Crippen molar-refractivity contribution in [2.75, 3.05) is 24.3 Å². The van der Waals surface area contributed by atoms with E-state index in [-0.39, 0.29) is 5.56 Å². The molecule has 0 aliphatic rings. The largest absolute Gasteiger partial charge is 0.497 e. The average Bonchev–Trinajstić information content (AvgIpc) is 3.43. The number of benzene rings is 2. The predicted octanol–water partition coefficient (Wildman–Crippen LogP) is 4.54. The van der Waals surface area contributed by atoms with Gasteiger partial charge in [0.1, 0.15) is 11.6 Å². The number of anilines is 3. The maximum Gasteiger partial charge on any atom is 0.337 e. The molecular weight excluding hydrogens is 420 g/mol. The third kappa shape index (κ3) is 4.16. The van der Waals surface area contributed by atoms with Crippen LogP contribution in [0.25, 0.3) is 21.8 Å². The molecule has 0 saturated carbocycles. The molecule has 0 atom stereocenters. The van der Waals surface area contributed by atoms with Crippen LogP contribution >= 0.6 is 0 Å². The number of carbonyl (C=O) groups is 1. The molecule has 5 N–H and O–H groups in total. The Bertz CT molecular complexity index is 1460. The van der Waals surface area contributed by atoms with Crippen LogP contribution in [0.4, 0.5) is 17.5 Å². The molecule has 2 aromatic carbocycles. The lowest BCUT2D eigenvalue weighted by Gasteiger charge is -2.09. The molecule has 3 heterocycles. The van der Waals surface area contributed by atoms with E-state index in [1.807, 2.05) is 36.5 Å². The van der Waals surface area contributed by atoms with E-state index in [9.17, 15) is 9.90 Å². The number of hydrogen-bond donors (Lipinski definition) is 5. The van der Waals surface area contributed by atoms with Crippen LogP contribution in [0.1, 0.15) is 15.9 Å². The molecule has 5 rings (SSSR count). The van der Waals surface area contributed by atoms with Gasteiger partial charge in [-0.25, -0.2) is 9.78 Å². The van der Waals surface area contributed by atoms with E-state index in [2.05, 4.69) is 30.6 Å². The Morgan fingerprint density at radius 1 is 1.06 bits per heavy atom. The Labute approximate surface area is 188 Å². The van der Waals surface area contributed by atoms with Crippen LogP contribution in [0.2, 0.25) is 0 Å². The number of carboxylic acid groups (broad SMARTS) is 1. The number of fused-ring (bicyclic) bond motifs is 2. The van der Waals surface area contributed by atoms with Crippen molar-refractivity contribution in [1.29, 1.82) is 0 Å². The first-order valence-electron chi connectivity index (χ1n) is 10.4. The van der Waals surface area contributed by atoms with E-state index >= 15 is 0 Å². The summed E-state index contributed by atoms with van der Waals surface area (Å²) < 4.78 is 5.33. The molecule has 0 aliphatic heterocycles. The Hall–Kier alpha value is -4.53. The van der Waals surface area contributed by atoms with Gasteiger partial charge < -0.3 is 30.4 Å². The summed E-state index contributed by atoms with van der Waals surface area (Å²) in [5.41, 5.74) is 3.98. The first kappa shape index (κ1) is 20.4. The third-order valence-corrected chi connectivity index (χ3v) is 5.49. The molecule has 33 heavy (non-hydrogen) atoms. The topological polar surface area (TPSA) is 128 Å². The minimum absolute atomic E-state index is 0.230. The van der Waals surface area contributed by atoms with E-state index in [4.69, 9.17) is 4.74 Å². The van der Waals surface area contributed by atoms with E-state index in [0.29, 0.717) is 23.7 Å². The molecule has 0 radical (unpaired) electrons. The second-order valence-corrected chi connectivity index (χ2v) is 7.56. The number of carboxylic acids is 1. The predicted molar refractivity (Wildman–Crippen MR) is 128 cm³/mol. The van der Waals surface area contributed by atoms with Crippen molar-refractivity contribution in [3.63, 3.8) is 0 Å². The second-order valence-electron chi connectivity index (χ2n) is 7.56. The van der Waals surface area contributed by atoms with Gasteiger partial charge >= 0.3 is 5.97 Å². The minimum atomic E-state index is -0.972. The van der Waals surface area contributed by atoms with Gasteiger partial charge in [0.25, 0.3) is 0 Å². The lowest BCUT2D eigenvalue weighted by atomic mass is 10.1. The number of methoxy groups -OCH3 is 1. The van der Waals surface area contributed by atoms with E-state index in [1.54, 1.807) is 25.4 Å². The summed E-state index contributed by atoms with van der Waals surface area (Å²) in [6.45, 7) is 0.658. The number of rotatable bonds is 8. The van der Waals surface area contributed by atoms with Gasteiger partial charge in [-0.15, -0.1) is 0 Å². The summed E-state index contributed by atoms with van der Waals surface area (Å²) in [6, 6.07) is 13.2. The number of nitrogens with one attached hydrogen (secondary N) is 4. The maximum atomic E-state index is 11.4. The highest BCUT2D eigenvalue weighted by Gasteiger charge is 2.11. The fraction of sp³-hybridized carbons (Fsp3) is 0.125. The molecule has 0 amide bonds. The molecule has 0 spiro atoms. The Morgan fingerprint density at radius 2 is 1.88 bits per heavy atom. The minimum Gasteiger partial charge on any atom is -0.497 e. The highest BCUT2D eigenvalue weighted by Crippen LogP contribution is 2.25. The van der Waals surface area contributed by atoms with Crippen molar-refractivity contribution >= 4 is 45.2 Å². The molecule has 9 heteroatoms. The summed E-state index contributed by atoms with van der Waals surface area (Å²) in [5.74, 6) is 0.967. The highest BCUT2D eigenvalue weighted by molar-refractivity contribution is 6.04. The SMILES string of the molecule is COc1ccc2[nH]cc(CCNc3nccc(Nc4ccc5[nH]cc(C(=O)O)c5c4)n3)c2c1. The van der Waals surface area contributed by atoms with Gasteiger partial charge in [0, 0.05) is 52.6 Å². The summed E-state index contributed by atoms with van der Waals surface area (Å²) in [6.07, 6.45) is 5.96. The highest BCUT2D eigenvalue weighted by atomic mass is 16.5. The van der Waals surface area contributed by atoms with Crippen molar-refractivity contribution in [1.82, 2.24) is 19.9 Å².